The van der Waals surface area contributed by atoms with Crippen molar-refractivity contribution in [3.05, 3.63) is 23.5 Å². The first kappa shape index (κ1) is 14.5. The maximum Gasteiger partial charge on any atom is 0.408 e. The third kappa shape index (κ3) is 2.82. The monoisotopic (exact) mass is 301 g/mol. The van der Waals surface area contributed by atoms with Gasteiger partial charge in [-0.2, -0.15) is 0 Å². The summed E-state index contributed by atoms with van der Waals surface area (Å²) in [4.78, 5) is 29.2. The lowest BCUT2D eigenvalue weighted by atomic mass is 10.2. The summed E-state index contributed by atoms with van der Waals surface area (Å²) in [5.74, 6) is -0.491. The van der Waals surface area contributed by atoms with E-state index in [0.717, 1.165) is 4.90 Å². The number of carboxylic acid groups (broad SMARTS) is 1. The van der Waals surface area contributed by atoms with Gasteiger partial charge in [0.1, 0.15) is 17.4 Å². The van der Waals surface area contributed by atoms with Crippen molar-refractivity contribution < 1.29 is 19.1 Å². The number of nitrogens with zero attached hydrogens (tertiary/aromatic N) is 3. The summed E-state index contributed by atoms with van der Waals surface area (Å²) in [7, 11) is 1.49. The highest BCUT2D eigenvalue weighted by Gasteiger charge is 2.41. The van der Waals surface area contributed by atoms with E-state index in [1.165, 1.54) is 24.2 Å². The predicted molar refractivity (Wildman–Crippen MR) is 70.7 cm³/mol. The summed E-state index contributed by atoms with van der Waals surface area (Å²) in [6.07, 6.45) is -1.32. The lowest BCUT2D eigenvalue weighted by molar-refractivity contribution is -0.122. The summed E-state index contributed by atoms with van der Waals surface area (Å²) in [6.45, 7) is -0.281. The van der Waals surface area contributed by atoms with Crippen LogP contribution in [0.1, 0.15) is 6.42 Å². The number of hydrogen-bond donors (Lipinski definition) is 1. The topological polar surface area (TPSA) is 73.7 Å². The molecule has 2 heterocycles. The van der Waals surface area contributed by atoms with Crippen LogP contribution in [0.25, 0.3) is 0 Å². The number of rotatable bonds is 2. The Morgan fingerprint density at radius 2 is 2.30 bits per heavy atom. The quantitative estimate of drug-likeness (QED) is 0.845. The van der Waals surface area contributed by atoms with Gasteiger partial charge < -0.3 is 10.0 Å². The molecular formula is C12H13ClFN3O3. The first-order valence-electron chi connectivity index (χ1n) is 5.93. The first-order chi connectivity index (χ1) is 9.40. The highest BCUT2D eigenvalue weighted by molar-refractivity contribution is 6.29. The number of pyridine rings is 1. The molecule has 1 fully saturated rings. The number of carbonyl (C=O) groups excluding carboxylic acids is 1. The summed E-state index contributed by atoms with van der Waals surface area (Å²) >= 11 is 5.74. The normalized spacial score (nSPS) is 21.9. The van der Waals surface area contributed by atoms with E-state index in [0.29, 0.717) is 5.69 Å². The maximum atomic E-state index is 13.4. The average molecular weight is 302 g/mol. The lowest BCUT2D eigenvalue weighted by Gasteiger charge is -2.25. The van der Waals surface area contributed by atoms with Gasteiger partial charge in [0.2, 0.25) is 5.91 Å². The highest BCUT2D eigenvalue weighted by atomic mass is 35.5. The third-order valence-corrected chi connectivity index (χ3v) is 3.42. The molecule has 1 aliphatic heterocycles. The van der Waals surface area contributed by atoms with Crippen molar-refractivity contribution >= 4 is 29.3 Å². The van der Waals surface area contributed by atoms with Gasteiger partial charge in [0, 0.05) is 25.4 Å². The zero-order chi connectivity index (χ0) is 14.9. The van der Waals surface area contributed by atoms with Crippen molar-refractivity contribution in [1.29, 1.82) is 0 Å². The van der Waals surface area contributed by atoms with Crippen LogP contribution in [0.4, 0.5) is 14.9 Å². The van der Waals surface area contributed by atoms with Crippen LogP contribution in [0, 0.1) is 0 Å². The molecule has 2 rings (SSSR count). The second kappa shape index (κ2) is 5.62. The Bertz CT molecular complexity index is 542. The van der Waals surface area contributed by atoms with Gasteiger partial charge in [0.15, 0.2) is 0 Å². The van der Waals surface area contributed by atoms with E-state index >= 15 is 0 Å². The summed E-state index contributed by atoms with van der Waals surface area (Å²) < 4.78 is 13.4. The van der Waals surface area contributed by atoms with Crippen LogP contribution >= 0.6 is 11.6 Å². The van der Waals surface area contributed by atoms with E-state index < -0.39 is 24.2 Å². The fourth-order valence-electron chi connectivity index (χ4n) is 2.18. The molecule has 1 aromatic heterocycles. The van der Waals surface area contributed by atoms with Gasteiger partial charge in [-0.3, -0.25) is 9.69 Å². The molecule has 0 aromatic carbocycles. The highest BCUT2D eigenvalue weighted by Crippen LogP contribution is 2.24. The number of halogens is 2. The molecule has 0 radical (unpaired) electrons. The van der Waals surface area contributed by atoms with Gasteiger partial charge in [0.25, 0.3) is 0 Å². The third-order valence-electron chi connectivity index (χ3n) is 3.21. The van der Waals surface area contributed by atoms with Crippen molar-refractivity contribution in [3.63, 3.8) is 0 Å². The van der Waals surface area contributed by atoms with Crippen molar-refractivity contribution in [2.24, 2.45) is 0 Å². The molecule has 1 N–H and O–H groups in total. The fourth-order valence-corrected chi connectivity index (χ4v) is 2.35. The fraction of sp³-hybridized carbons (Fsp3) is 0.417. The number of amides is 2. The molecule has 0 aliphatic carbocycles. The predicted octanol–water partition coefficient (Wildman–Crippen LogP) is 1.79. The Labute approximate surface area is 119 Å². The van der Waals surface area contributed by atoms with Crippen LogP contribution in [0.5, 0.6) is 0 Å². The van der Waals surface area contributed by atoms with E-state index in [2.05, 4.69) is 4.98 Å². The second-order valence-electron chi connectivity index (χ2n) is 4.52. The molecule has 6 nitrogen and oxygen atoms in total. The Balaban J connectivity index is 2.20. The van der Waals surface area contributed by atoms with Crippen LogP contribution in [0.3, 0.4) is 0 Å². The Hall–Kier alpha value is -1.89. The Morgan fingerprint density at radius 1 is 1.60 bits per heavy atom. The molecule has 0 saturated carbocycles. The molecule has 0 unspecified atom stereocenters. The molecule has 1 aromatic rings. The van der Waals surface area contributed by atoms with Crippen molar-refractivity contribution in [2.45, 2.75) is 18.6 Å². The summed E-state index contributed by atoms with van der Waals surface area (Å²) in [5.41, 5.74) is 0.475. The second-order valence-corrected chi connectivity index (χ2v) is 4.90. The van der Waals surface area contributed by atoms with Gasteiger partial charge in [-0.05, 0) is 12.1 Å². The van der Waals surface area contributed by atoms with E-state index in [4.69, 9.17) is 16.7 Å². The molecule has 8 heteroatoms. The summed E-state index contributed by atoms with van der Waals surface area (Å²) in [6, 6.07) is 2.03. The van der Waals surface area contributed by atoms with E-state index in [-0.39, 0.29) is 18.1 Å². The van der Waals surface area contributed by atoms with Crippen LogP contribution in [0.15, 0.2) is 18.3 Å². The standard InChI is InChI=1S/C12H13ClFN3O3/c1-16(8-2-3-15-10(13)5-8)11(18)9-4-7(14)6-17(9)12(19)20/h2-3,5,7,9H,4,6H2,1H3,(H,19,20)/t7-,9+/m1/s1. The summed E-state index contributed by atoms with van der Waals surface area (Å²) in [5, 5.41) is 9.22. The molecular weight excluding hydrogens is 289 g/mol. The zero-order valence-electron chi connectivity index (χ0n) is 10.7. The molecule has 2 amide bonds. The number of alkyl halides is 1. The van der Waals surface area contributed by atoms with E-state index in [1.807, 2.05) is 0 Å². The number of hydrogen-bond acceptors (Lipinski definition) is 3. The van der Waals surface area contributed by atoms with Crippen LogP contribution in [0.2, 0.25) is 5.15 Å². The van der Waals surface area contributed by atoms with Crippen LogP contribution in [-0.4, -0.2) is 52.8 Å². The minimum Gasteiger partial charge on any atom is -0.465 e. The van der Waals surface area contributed by atoms with Crippen molar-refractivity contribution in [1.82, 2.24) is 9.88 Å². The Morgan fingerprint density at radius 3 is 2.90 bits per heavy atom. The molecule has 1 saturated heterocycles. The number of anilines is 1. The molecule has 0 spiro atoms. The number of likely N-dealkylation sites (tertiary alicyclic amines) is 1. The number of carbonyl (C=O) groups is 2. The Kier molecular flexibility index (Phi) is 4.08. The number of aromatic nitrogens is 1. The molecule has 0 bridgehead atoms. The maximum absolute atomic E-state index is 13.4. The van der Waals surface area contributed by atoms with Crippen LogP contribution in [-0.2, 0) is 4.79 Å². The zero-order valence-corrected chi connectivity index (χ0v) is 11.4. The van der Waals surface area contributed by atoms with Crippen molar-refractivity contribution in [3.8, 4) is 0 Å². The molecule has 108 valence electrons. The minimum atomic E-state index is -1.32. The van der Waals surface area contributed by atoms with E-state index in [9.17, 15) is 14.0 Å². The first-order valence-corrected chi connectivity index (χ1v) is 6.30. The molecule has 20 heavy (non-hydrogen) atoms. The van der Waals surface area contributed by atoms with Crippen LogP contribution < -0.4 is 4.90 Å². The number of likely N-dealkylation sites (N-methyl/N-ethyl adjacent to an activating group) is 1. The van der Waals surface area contributed by atoms with Gasteiger partial charge >= 0.3 is 6.09 Å². The average Bonchev–Trinajstić information content (AvgIpc) is 2.79. The smallest absolute Gasteiger partial charge is 0.408 e. The van der Waals surface area contributed by atoms with Gasteiger partial charge in [-0.1, -0.05) is 11.6 Å². The minimum absolute atomic E-state index is 0.131. The SMILES string of the molecule is CN(C(=O)[C@@H]1C[C@@H](F)CN1C(=O)O)c1ccnc(Cl)c1. The van der Waals surface area contributed by atoms with Gasteiger partial charge in [-0.25, -0.2) is 14.2 Å². The molecule has 2 atom stereocenters. The van der Waals surface area contributed by atoms with Crippen molar-refractivity contribution in [2.75, 3.05) is 18.5 Å². The molecule has 1 aliphatic rings. The van der Waals surface area contributed by atoms with Gasteiger partial charge in [0.05, 0.1) is 6.54 Å². The van der Waals surface area contributed by atoms with Gasteiger partial charge in [-0.15, -0.1) is 0 Å². The largest absolute Gasteiger partial charge is 0.465 e. The van der Waals surface area contributed by atoms with E-state index in [1.54, 1.807) is 6.07 Å². The lowest BCUT2D eigenvalue weighted by Crippen LogP contribution is -2.46.